The van der Waals surface area contributed by atoms with Crippen LogP contribution >= 0.6 is 39.1 Å². The van der Waals surface area contributed by atoms with Gasteiger partial charge in [0.05, 0.1) is 17.1 Å². The normalized spacial score (nSPS) is 10.9. The van der Waals surface area contributed by atoms with Crippen LogP contribution in [-0.4, -0.2) is 4.98 Å². The molecule has 0 saturated heterocycles. The lowest BCUT2D eigenvalue weighted by atomic mass is 10.2. The van der Waals surface area contributed by atoms with E-state index in [1.54, 1.807) is 0 Å². The summed E-state index contributed by atoms with van der Waals surface area (Å²) in [6.07, 6.45) is -2.60. The molecule has 1 nitrogen and oxygen atoms in total. The number of alkyl halides is 3. The first-order chi connectivity index (χ1) is 6.06. The highest BCUT2D eigenvalue weighted by molar-refractivity contribution is 9.10. The molecule has 0 aromatic carbocycles. The Morgan fingerprint density at radius 1 is 1.54 bits per heavy atom. The minimum Gasteiger partial charge on any atom is -0.239 e. The Kier molecular flexibility index (Phi) is 3.88. The van der Waals surface area contributed by atoms with E-state index in [9.17, 15) is 8.78 Å². The molecule has 0 aliphatic heterocycles. The molecule has 0 amide bonds. The van der Waals surface area contributed by atoms with Crippen LogP contribution in [0.25, 0.3) is 0 Å². The van der Waals surface area contributed by atoms with Gasteiger partial charge in [-0.2, -0.15) is 0 Å². The molecule has 6 heteroatoms. The molecule has 0 radical (unpaired) electrons. The summed E-state index contributed by atoms with van der Waals surface area (Å²) in [7, 11) is 0. The van der Waals surface area contributed by atoms with E-state index >= 15 is 0 Å². The second kappa shape index (κ2) is 4.53. The average molecular weight is 291 g/mol. The third kappa shape index (κ3) is 2.51. The zero-order valence-electron chi connectivity index (χ0n) is 6.20. The van der Waals surface area contributed by atoms with Gasteiger partial charge in [0.1, 0.15) is 5.15 Å². The lowest BCUT2D eigenvalue weighted by Gasteiger charge is -2.07. The topological polar surface area (TPSA) is 12.9 Å². The summed E-state index contributed by atoms with van der Waals surface area (Å²) in [6.45, 7) is 0. The number of rotatable bonds is 2. The predicted octanol–water partition coefficient (Wildman–Crippen LogP) is 4.17. The van der Waals surface area contributed by atoms with E-state index in [0.29, 0.717) is 0 Å². The van der Waals surface area contributed by atoms with Gasteiger partial charge in [0.15, 0.2) is 0 Å². The molecule has 0 unspecified atom stereocenters. The SMILES string of the molecule is FC(F)c1c(Br)cc(Cl)nc1CCl. The minimum atomic E-state index is -2.60. The van der Waals surface area contributed by atoms with Crippen molar-refractivity contribution in [3.05, 3.63) is 26.9 Å². The molecule has 0 atom stereocenters. The van der Waals surface area contributed by atoms with E-state index in [1.807, 2.05) is 0 Å². The summed E-state index contributed by atoms with van der Waals surface area (Å²) in [5.41, 5.74) is -0.0876. The van der Waals surface area contributed by atoms with E-state index < -0.39 is 6.43 Å². The standard InChI is InChI=1S/C7H4BrCl2F2N/c8-3-1-5(10)13-4(2-9)6(3)7(11)12/h1,7H,2H2. The smallest absolute Gasteiger partial charge is 0.239 e. The van der Waals surface area contributed by atoms with Crippen molar-refractivity contribution in [2.75, 3.05) is 0 Å². The number of halogens is 5. The summed E-state index contributed by atoms with van der Waals surface area (Å²) in [5.74, 6) is -0.0845. The number of nitrogens with zero attached hydrogens (tertiary/aromatic N) is 1. The molecule has 0 saturated carbocycles. The zero-order chi connectivity index (χ0) is 10.0. The molecule has 13 heavy (non-hydrogen) atoms. The molecule has 72 valence electrons. The summed E-state index contributed by atoms with van der Waals surface area (Å²) in [5, 5.41) is 0.145. The van der Waals surface area contributed by atoms with E-state index in [2.05, 4.69) is 20.9 Å². The van der Waals surface area contributed by atoms with Crippen molar-refractivity contribution in [3.8, 4) is 0 Å². The van der Waals surface area contributed by atoms with Crippen LogP contribution in [0.15, 0.2) is 10.5 Å². The largest absolute Gasteiger partial charge is 0.266 e. The minimum absolute atomic E-state index is 0.0845. The highest BCUT2D eigenvalue weighted by Crippen LogP contribution is 2.32. The fourth-order valence-electron chi connectivity index (χ4n) is 0.874. The monoisotopic (exact) mass is 289 g/mol. The van der Waals surface area contributed by atoms with Crippen LogP contribution in [0, 0.1) is 0 Å². The molecule has 1 rings (SSSR count). The first-order valence-corrected chi connectivity index (χ1v) is 4.95. The van der Waals surface area contributed by atoms with Gasteiger partial charge in [0.25, 0.3) is 6.43 Å². The highest BCUT2D eigenvalue weighted by atomic mass is 79.9. The van der Waals surface area contributed by atoms with E-state index in [0.717, 1.165) is 0 Å². The van der Waals surface area contributed by atoms with E-state index in [4.69, 9.17) is 23.2 Å². The van der Waals surface area contributed by atoms with Crippen molar-refractivity contribution in [2.45, 2.75) is 12.3 Å². The van der Waals surface area contributed by atoms with Crippen LogP contribution < -0.4 is 0 Å². The third-order valence-electron chi connectivity index (χ3n) is 1.40. The molecule has 0 spiro atoms. The van der Waals surface area contributed by atoms with Crippen molar-refractivity contribution in [1.29, 1.82) is 0 Å². The Morgan fingerprint density at radius 2 is 2.15 bits per heavy atom. The van der Waals surface area contributed by atoms with Crippen molar-refractivity contribution in [1.82, 2.24) is 4.98 Å². The van der Waals surface area contributed by atoms with Gasteiger partial charge in [-0.15, -0.1) is 11.6 Å². The number of hydrogen-bond donors (Lipinski definition) is 0. The first-order valence-electron chi connectivity index (χ1n) is 3.25. The predicted molar refractivity (Wildman–Crippen MR) is 51.5 cm³/mol. The van der Waals surface area contributed by atoms with Gasteiger partial charge in [0.2, 0.25) is 0 Å². The Hall–Kier alpha value is 0.0700. The number of aromatic nitrogens is 1. The van der Waals surface area contributed by atoms with Crippen LogP contribution in [0.5, 0.6) is 0 Å². The molecular formula is C7H4BrCl2F2N. The van der Waals surface area contributed by atoms with Gasteiger partial charge < -0.3 is 0 Å². The zero-order valence-corrected chi connectivity index (χ0v) is 9.30. The summed E-state index contributed by atoms with van der Waals surface area (Å²) >= 11 is 14.0. The lowest BCUT2D eigenvalue weighted by molar-refractivity contribution is 0.149. The van der Waals surface area contributed by atoms with Gasteiger partial charge in [-0.25, -0.2) is 13.8 Å². The molecule has 1 aromatic rings. The van der Waals surface area contributed by atoms with Crippen LogP contribution in [-0.2, 0) is 5.88 Å². The summed E-state index contributed by atoms with van der Waals surface area (Å²) in [6, 6.07) is 1.32. The Labute approximate surface area is 92.2 Å². The van der Waals surface area contributed by atoms with Crippen molar-refractivity contribution >= 4 is 39.1 Å². The Balaban J connectivity index is 3.30. The summed E-state index contributed by atoms with van der Waals surface area (Å²) < 4.78 is 25.1. The van der Waals surface area contributed by atoms with Gasteiger partial charge in [-0.1, -0.05) is 27.5 Å². The van der Waals surface area contributed by atoms with Crippen molar-refractivity contribution in [3.63, 3.8) is 0 Å². The van der Waals surface area contributed by atoms with E-state index in [-0.39, 0.29) is 26.8 Å². The third-order valence-corrected chi connectivity index (χ3v) is 2.50. The average Bonchev–Trinajstić information content (AvgIpc) is 2.01. The molecular weight excluding hydrogens is 287 g/mol. The first kappa shape index (κ1) is 11.1. The van der Waals surface area contributed by atoms with Crippen LogP contribution in [0.2, 0.25) is 5.15 Å². The van der Waals surface area contributed by atoms with Gasteiger partial charge >= 0.3 is 0 Å². The van der Waals surface area contributed by atoms with Crippen molar-refractivity contribution < 1.29 is 8.78 Å². The van der Waals surface area contributed by atoms with Crippen molar-refractivity contribution in [2.24, 2.45) is 0 Å². The molecule has 0 bridgehead atoms. The molecule has 0 aliphatic rings. The fourth-order valence-corrected chi connectivity index (χ4v) is 2.04. The second-order valence-electron chi connectivity index (χ2n) is 2.22. The van der Waals surface area contributed by atoms with Crippen LogP contribution in [0.4, 0.5) is 8.78 Å². The summed E-state index contributed by atoms with van der Waals surface area (Å²) in [4.78, 5) is 3.70. The second-order valence-corrected chi connectivity index (χ2v) is 3.73. The van der Waals surface area contributed by atoms with Crippen LogP contribution in [0.3, 0.4) is 0 Å². The van der Waals surface area contributed by atoms with Gasteiger partial charge in [-0.3, -0.25) is 0 Å². The molecule has 1 heterocycles. The van der Waals surface area contributed by atoms with Crippen LogP contribution in [0.1, 0.15) is 17.7 Å². The van der Waals surface area contributed by atoms with Gasteiger partial charge in [0, 0.05) is 4.47 Å². The lowest BCUT2D eigenvalue weighted by Crippen LogP contribution is -1.98. The number of pyridine rings is 1. The quantitative estimate of drug-likeness (QED) is 0.588. The number of hydrogen-bond acceptors (Lipinski definition) is 1. The van der Waals surface area contributed by atoms with Gasteiger partial charge in [-0.05, 0) is 6.07 Å². The maximum Gasteiger partial charge on any atom is 0.266 e. The Morgan fingerprint density at radius 3 is 2.62 bits per heavy atom. The molecule has 0 aliphatic carbocycles. The maximum absolute atomic E-state index is 12.4. The highest BCUT2D eigenvalue weighted by Gasteiger charge is 2.18. The molecule has 0 fully saturated rings. The van der Waals surface area contributed by atoms with E-state index in [1.165, 1.54) is 6.07 Å². The Bertz CT molecular complexity index is 320. The molecule has 0 N–H and O–H groups in total. The molecule has 1 aromatic heterocycles. The fraction of sp³-hybridized carbons (Fsp3) is 0.286. The maximum atomic E-state index is 12.4.